The van der Waals surface area contributed by atoms with Gasteiger partial charge in [-0.2, -0.15) is 41.5 Å². The van der Waals surface area contributed by atoms with Crippen LogP contribution >= 0.6 is 0 Å². The predicted molar refractivity (Wildman–Crippen MR) is 168 cm³/mol. The number of fused-ring (bicyclic) bond motifs is 3. The molecule has 0 fully saturated rings. The average molecular weight is 600 g/mol. The molecule has 2 aliphatic carbocycles. The summed E-state index contributed by atoms with van der Waals surface area (Å²) >= 11 is 1.46. The first-order chi connectivity index (χ1) is 19.3. The molecule has 200 valence electrons. The molecule has 1 heteroatoms. The van der Waals surface area contributed by atoms with Crippen LogP contribution in [-0.2, 0) is 30.7 Å². The van der Waals surface area contributed by atoms with E-state index in [1.165, 1.54) is 78.4 Å². The zero-order valence-corrected chi connectivity index (χ0v) is 27.0. The molecule has 4 aromatic carbocycles. The van der Waals surface area contributed by atoms with E-state index in [9.17, 15) is 0 Å². The Balaban J connectivity index is 0.000000139. The van der Waals surface area contributed by atoms with Crippen LogP contribution in [-0.4, -0.2) is 3.21 Å². The van der Waals surface area contributed by atoms with Gasteiger partial charge in [-0.15, -0.1) is 5.56 Å². The van der Waals surface area contributed by atoms with Gasteiger partial charge in [-0.1, -0.05) is 94.2 Å². The second kappa shape index (κ2) is 14.1. The van der Waals surface area contributed by atoms with E-state index in [0.717, 1.165) is 12.8 Å². The molecule has 1 atom stereocenters. The molecule has 0 amide bonds. The van der Waals surface area contributed by atoms with E-state index in [2.05, 4.69) is 150 Å². The van der Waals surface area contributed by atoms with Crippen LogP contribution in [0, 0.1) is 23.5 Å². The summed E-state index contributed by atoms with van der Waals surface area (Å²) in [4.78, 5) is 0. The summed E-state index contributed by atoms with van der Waals surface area (Å²) in [5.41, 5.74) is 11.4. The fourth-order valence-electron chi connectivity index (χ4n) is 5.23. The van der Waals surface area contributed by atoms with Crippen LogP contribution in [0.5, 0.6) is 0 Å². The van der Waals surface area contributed by atoms with Gasteiger partial charge in [0.2, 0.25) is 0 Å². The van der Waals surface area contributed by atoms with E-state index in [0.29, 0.717) is 11.3 Å². The molecule has 6 rings (SSSR count). The molecule has 0 aromatic heterocycles. The summed E-state index contributed by atoms with van der Waals surface area (Å²) in [6.45, 7) is 11.3. The Morgan fingerprint density at radius 2 is 1.35 bits per heavy atom. The molecule has 0 saturated carbocycles. The zero-order chi connectivity index (χ0) is 28.5. The van der Waals surface area contributed by atoms with Crippen LogP contribution < -0.4 is 0 Å². The van der Waals surface area contributed by atoms with Crippen molar-refractivity contribution in [2.24, 2.45) is 11.3 Å². The number of benzene rings is 4. The topological polar surface area (TPSA) is 0 Å². The molecule has 40 heavy (non-hydrogen) atoms. The van der Waals surface area contributed by atoms with Crippen LogP contribution in [0.3, 0.4) is 0 Å². The summed E-state index contributed by atoms with van der Waals surface area (Å²) < 4.78 is 1.42. The van der Waals surface area contributed by atoms with Crippen molar-refractivity contribution in [2.75, 3.05) is 0 Å². The van der Waals surface area contributed by atoms with E-state index in [-0.39, 0.29) is 0 Å². The standard InChI is InChI=1S/C13H9.C13H10.C13H21.Zr/c1-3-7-12-10(5-1)9-11-6-2-4-8-13(11)12;1-3-7-12(8-4-1)11-13-9-5-2-6-10-13;1-6-10-8-11(7-2)12(9-10)13(3,4)5;/h1-5,7-8H,9H2;1-10H;9-10H,6-7H2,1-5H3;/q-1;;-1;+2. The summed E-state index contributed by atoms with van der Waals surface area (Å²) in [7, 11) is 0. The zero-order valence-electron chi connectivity index (χ0n) is 24.6. The minimum atomic E-state index is 0.294. The molecule has 0 N–H and O–H groups in total. The van der Waals surface area contributed by atoms with E-state index in [1.807, 2.05) is 6.07 Å². The predicted octanol–water partition coefficient (Wildman–Crippen LogP) is 10.00. The maximum absolute atomic E-state index is 3.57. The Kier molecular flexibility index (Phi) is 10.6. The van der Waals surface area contributed by atoms with Gasteiger partial charge in [0.05, 0.1) is 0 Å². The molecule has 4 aromatic rings. The molecule has 0 aliphatic heterocycles. The second-order valence-corrected chi connectivity index (χ2v) is 12.6. The largest absolute Gasteiger partial charge is 0.179 e. The Morgan fingerprint density at radius 1 is 0.775 bits per heavy atom. The third-order valence-corrected chi connectivity index (χ3v) is 8.81. The Labute approximate surface area is 257 Å². The number of allylic oxidation sites excluding steroid dienone is 4. The van der Waals surface area contributed by atoms with Crippen LogP contribution in [0.25, 0.3) is 11.1 Å². The van der Waals surface area contributed by atoms with Crippen LogP contribution in [0.15, 0.2) is 120 Å². The minimum absolute atomic E-state index is 0.294. The molecule has 1 unspecified atom stereocenters. The molecule has 2 aliphatic rings. The van der Waals surface area contributed by atoms with Gasteiger partial charge in [-0.25, -0.2) is 5.57 Å². The van der Waals surface area contributed by atoms with E-state index in [4.69, 9.17) is 0 Å². The Bertz CT molecular complexity index is 1380. The van der Waals surface area contributed by atoms with Gasteiger partial charge in [0.25, 0.3) is 0 Å². The van der Waals surface area contributed by atoms with Crippen molar-refractivity contribution in [2.45, 2.75) is 53.9 Å². The van der Waals surface area contributed by atoms with Crippen molar-refractivity contribution in [1.29, 1.82) is 0 Å². The van der Waals surface area contributed by atoms with Gasteiger partial charge in [0, 0.05) is 0 Å². The first kappa shape index (κ1) is 30.1. The van der Waals surface area contributed by atoms with Gasteiger partial charge < -0.3 is 0 Å². The van der Waals surface area contributed by atoms with Crippen molar-refractivity contribution in [3.8, 4) is 11.1 Å². The van der Waals surface area contributed by atoms with Gasteiger partial charge in [-0.05, 0) is 6.42 Å². The summed E-state index contributed by atoms with van der Waals surface area (Å²) in [5, 5.41) is 0. The van der Waals surface area contributed by atoms with Crippen LogP contribution in [0.4, 0.5) is 0 Å². The molecule has 0 nitrogen and oxygen atoms in total. The van der Waals surface area contributed by atoms with E-state index in [1.54, 1.807) is 0 Å². The number of hydrogen-bond donors (Lipinski definition) is 0. The third kappa shape index (κ3) is 7.64. The molecule has 0 saturated heterocycles. The number of rotatable bonds is 4. The summed E-state index contributed by atoms with van der Waals surface area (Å²) in [6, 6.07) is 39.2. The Hall–Kier alpha value is -2.89. The first-order valence-electron chi connectivity index (χ1n) is 14.4. The van der Waals surface area contributed by atoms with Crippen molar-refractivity contribution in [1.82, 2.24) is 0 Å². The second-order valence-electron chi connectivity index (χ2n) is 11.3. The normalized spacial score (nSPS) is 14.9. The minimum Gasteiger partial charge on any atom is -0.179 e. The maximum Gasteiger partial charge on any atom is -0.0253 e. The smallest absolute Gasteiger partial charge is 0.0253 e. The molecule has 0 bridgehead atoms. The average Bonchev–Trinajstić information content (AvgIpc) is 3.60. The van der Waals surface area contributed by atoms with Crippen LogP contribution in [0.1, 0.15) is 69.7 Å². The monoisotopic (exact) mass is 598 g/mol. The summed E-state index contributed by atoms with van der Waals surface area (Å²) in [5.74, 6) is 0.573. The fraction of sp³-hybridized carbons (Fsp3) is 0.256. The van der Waals surface area contributed by atoms with Crippen molar-refractivity contribution >= 4 is 3.21 Å². The molecular formula is C39H40Zr. The van der Waals surface area contributed by atoms with Crippen molar-refractivity contribution < 1.29 is 24.2 Å². The third-order valence-electron chi connectivity index (χ3n) is 7.40. The first-order valence-corrected chi connectivity index (χ1v) is 15.7. The number of hydrogen-bond acceptors (Lipinski definition) is 0. The molecule has 0 spiro atoms. The quantitative estimate of drug-likeness (QED) is 0.180. The SMILES string of the molecule is CCC1=[C-]C(CC)C=C1C(C)(C)C.[Zr+2]=[C](c1ccccc1)c1ccccc1.[c-]1cccc2c1Cc1ccccc1-2. The van der Waals surface area contributed by atoms with Gasteiger partial charge >= 0.3 is 99.2 Å². The molecule has 0 radical (unpaired) electrons. The molecule has 0 heterocycles. The van der Waals surface area contributed by atoms with Gasteiger partial charge in [0.15, 0.2) is 0 Å². The van der Waals surface area contributed by atoms with Crippen LogP contribution in [0.2, 0.25) is 0 Å². The van der Waals surface area contributed by atoms with Gasteiger partial charge in [0.1, 0.15) is 0 Å². The van der Waals surface area contributed by atoms with Crippen molar-refractivity contribution in [3.05, 3.63) is 155 Å². The van der Waals surface area contributed by atoms with Crippen molar-refractivity contribution in [3.63, 3.8) is 0 Å². The van der Waals surface area contributed by atoms with Gasteiger partial charge in [-0.3, -0.25) is 6.08 Å². The Morgan fingerprint density at radius 3 is 1.90 bits per heavy atom. The molecular weight excluding hydrogens is 560 g/mol. The fourth-order valence-corrected chi connectivity index (χ4v) is 6.05. The van der Waals surface area contributed by atoms with E-state index < -0.39 is 0 Å². The maximum atomic E-state index is 3.57. The van der Waals surface area contributed by atoms with E-state index >= 15 is 0 Å². The summed E-state index contributed by atoms with van der Waals surface area (Å²) in [6.07, 6.45) is 9.33.